The maximum atomic E-state index is 11.8. The molecule has 1 rings (SSSR count). The van der Waals surface area contributed by atoms with Crippen molar-refractivity contribution in [2.24, 2.45) is 0 Å². The Hall–Kier alpha value is -1.78. The first-order valence-electron chi connectivity index (χ1n) is 5.68. The zero-order valence-electron chi connectivity index (χ0n) is 10.8. The second-order valence-electron chi connectivity index (χ2n) is 4.55. The van der Waals surface area contributed by atoms with Crippen LogP contribution < -0.4 is 11.1 Å². The Bertz CT molecular complexity index is 428. The number of nitrogens with two attached hydrogens (primary N) is 1. The fraction of sp³-hybridized carbons (Fsp3) is 0.500. The minimum absolute atomic E-state index is 0.224. The zero-order chi connectivity index (χ0) is 13.0. The lowest BCUT2D eigenvalue weighted by molar-refractivity contribution is 0.0954. The molecule has 0 saturated heterocycles. The summed E-state index contributed by atoms with van der Waals surface area (Å²) in [5.74, 6) is -0.0232. The van der Waals surface area contributed by atoms with E-state index in [9.17, 15) is 4.79 Å². The first kappa shape index (κ1) is 13.3. The smallest absolute Gasteiger partial charge is 0.274 e. The van der Waals surface area contributed by atoms with Crippen LogP contribution >= 0.6 is 0 Å². The molecule has 5 nitrogen and oxygen atoms in total. The zero-order valence-corrected chi connectivity index (χ0v) is 10.8. The average molecular weight is 236 g/mol. The fourth-order valence-electron chi connectivity index (χ4n) is 1.41. The van der Waals surface area contributed by atoms with E-state index in [4.69, 9.17) is 5.73 Å². The van der Waals surface area contributed by atoms with Crippen molar-refractivity contribution in [3.05, 3.63) is 23.0 Å². The number of nitrogens with one attached hydrogen (secondary N) is 2. The van der Waals surface area contributed by atoms with Crippen LogP contribution in [0.15, 0.2) is 11.6 Å². The van der Waals surface area contributed by atoms with E-state index < -0.39 is 0 Å². The number of anilines is 1. The number of H-pyrrole nitrogens is 1. The predicted octanol–water partition coefficient (Wildman–Crippen LogP) is 1.81. The first-order valence-corrected chi connectivity index (χ1v) is 5.68. The van der Waals surface area contributed by atoms with Gasteiger partial charge in [-0.05, 0) is 19.8 Å². The lowest BCUT2D eigenvalue weighted by Crippen LogP contribution is -2.24. The molecular formula is C12H20N4O. The topological polar surface area (TPSA) is 83.8 Å². The number of allylic oxidation sites excluding steroid dienone is 1. The van der Waals surface area contributed by atoms with Crippen molar-refractivity contribution in [2.75, 3.05) is 12.3 Å². The summed E-state index contributed by atoms with van der Waals surface area (Å²) in [6.45, 7) is 8.44. The van der Waals surface area contributed by atoms with Gasteiger partial charge in [-0.2, -0.15) is 5.10 Å². The van der Waals surface area contributed by atoms with Crippen molar-refractivity contribution in [1.29, 1.82) is 0 Å². The van der Waals surface area contributed by atoms with Crippen molar-refractivity contribution in [2.45, 2.75) is 33.6 Å². The van der Waals surface area contributed by atoms with Gasteiger partial charge in [0.15, 0.2) is 5.69 Å². The Labute approximate surface area is 101 Å². The maximum Gasteiger partial charge on any atom is 0.274 e. The van der Waals surface area contributed by atoms with Crippen molar-refractivity contribution in [3.63, 3.8) is 0 Å². The molecular weight excluding hydrogens is 216 g/mol. The van der Waals surface area contributed by atoms with Crippen LogP contribution in [0.2, 0.25) is 0 Å². The largest absolute Gasteiger partial charge is 0.395 e. The molecule has 0 aliphatic heterocycles. The Balaban J connectivity index is 2.73. The lowest BCUT2D eigenvalue weighted by Gasteiger charge is -2.03. The molecule has 1 amide bonds. The third kappa shape index (κ3) is 3.34. The molecule has 1 heterocycles. The van der Waals surface area contributed by atoms with E-state index in [2.05, 4.69) is 15.5 Å². The first-order chi connectivity index (χ1) is 7.93. The summed E-state index contributed by atoms with van der Waals surface area (Å²) in [4.78, 5) is 11.8. The normalized spacial score (nSPS) is 10.4. The highest BCUT2D eigenvalue weighted by Crippen LogP contribution is 2.21. The third-order valence-corrected chi connectivity index (χ3v) is 2.40. The summed E-state index contributed by atoms with van der Waals surface area (Å²) >= 11 is 0. The highest BCUT2D eigenvalue weighted by Gasteiger charge is 2.17. The minimum atomic E-state index is -0.247. The van der Waals surface area contributed by atoms with Crippen LogP contribution in [0.1, 0.15) is 49.8 Å². The van der Waals surface area contributed by atoms with Crippen molar-refractivity contribution >= 4 is 11.6 Å². The highest BCUT2D eigenvalue weighted by atomic mass is 16.1. The van der Waals surface area contributed by atoms with Gasteiger partial charge in [0.2, 0.25) is 0 Å². The molecule has 17 heavy (non-hydrogen) atoms. The molecule has 5 heteroatoms. The SMILES string of the molecule is CC(C)=CCNC(=O)c1n[nH]c(C(C)C)c1N. The second kappa shape index (κ2) is 5.52. The van der Waals surface area contributed by atoms with Crippen molar-refractivity contribution in [1.82, 2.24) is 15.5 Å². The van der Waals surface area contributed by atoms with Gasteiger partial charge in [-0.25, -0.2) is 0 Å². The summed E-state index contributed by atoms with van der Waals surface area (Å²) in [6.07, 6.45) is 1.93. The molecule has 4 N–H and O–H groups in total. The van der Waals surface area contributed by atoms with Crippen LogP contribution in [0.4, 0.5) is 5.69 Å². The highest BCUT2D eigenvalue weighted by molar-refractivity contribution is 5.97. The Morgan fingerprint density at radius 3 is 2.65 bits per heavy atom. The van der Waals surface area contributed by atoms with E-state index in [0.29, 0.717) is 12.2 Å². The molecule has 0 radical (unpaired) electrons. The summed E-state index contributed by atoms with van der Waals surface area (Å²) in [5.41, 5.74) is 8.54. The molecule has 0 saturated carbocycles. The van der Waals surface area contributed by atoms with Crippen molar-refractivity contribution in [3.8, 4) is 0 Å². The predicted molar refractivity (Wildman–Crippen MR) is 68.9 cm³/mol. The molecule has 0 bridgehead atoms. The number of aromatic amines is 1. The van der Waals surface area contributed by atoms with E-state index in [-0.39, 0.29) is 17.5 Å². The summed E-state index contributed by atoms with van der Waals surface area (Å²) in [5, 5.41) is 9.50. The fourth-order valence-corrected chi connectivity index (χ4v) is 1.41. The maximum absolute atomic E-state index is 11.8. The molecule has 1 aromatic rings. The van der Waals surface area contributed by atoms with Crippen LogP contribution in [-0.4, -0.2) is 22.6 Å². The molecule has 0 fully saturated rings. The van der Waals surface area contributed by atoms with Crippen LogP contribution in [0.5, 0.6) is 0 Å². The molecule has 94 valence electrons. The quantitative estimate of drug-likeness (QED) is 0.697. The monoisotopic (exact) mass is 236 g/mol. The van der Waals surface area contributed by atoms with E-state index in [1.807, 2.05) is 33.8 Å². The van der Waals surface area contributed by atoms with Crippen LogP contribution in [0.3, 0.4) is 0 Å². The number of nitrogen functional groups attached to an aromatic ring is 1. The van der Waals surface area contributed by atoms with E-state index in [1.165, 1.54) is 0 Å². The van der Waals surface area contributed by atoms with E-state index in [0.717, 1.165) is 11.3 Å². The second-order valence-corrected chi connectivity index (χ2v) is 4.55. The lowest BCUT2D eigenvalue weighted by atomic mass is 10.1. The molecule has 1 aromatic heterocycles. The Morgan fingerprint density at radius 2 is 2.18 bits per heavy atom. The number of carbonyl (C=O) groups excluding carboxylic acids is 1. The molecule has 0 unspecified atom stereocenters. The van der Waals surface area contributed by atoms with Gasteiger partial charge >= 0.3 is 0 Å². The number of rotatable bonds is 4. The number of hydrogen-bond donors (Lipinski definition) is 3. The average Bonchev–Trinajstić information content (AvgIpc) is 2.59. The van der Waals surface area contributed by atoms with Gasteiger partial charge in [0.1, 0.15) is 0 Å². The Morgan fingerprint density at radius 1 is 1.53 bits per heavy atom. The summed E-state index contributed by atoms with van der Waals surface area (Å²) in [7, 11) is 0. The summed E-state index contributed by atoms with van der Waals surface area (Å²) in [6, 6.07) is 0. The van der Waals surface area contributed by atoms with E-state index >= 15 is 0 Å². The Kier molecular flexibility index (Phi) is 4.31. The van der Waals surface area contributed by atoms with Gasteiger partial charge in [-0.15, -0.1) is 0 Å². The van der Waals surface area contributed by atoms with Crippen LogP contribution in [0.25, 0.3) is 0 Å². The molecule has 0 spiro atoms. The van der Waals surface area contributed by atoms with Crippen LogP contribution in [-0.2, 0) is 0 Å². The van der Waals surface area contributed by atoms with Gasteiger partial charge in [-0.1, -0.05) is 25.5 Å². The summed E-state index contributed by atoms with van der Waals surface area (Å²) < 4.78 is 0. The number of nitrogens with zero attached hydrogens (tertiary/aromatic N) is 1. The number of amides is 1. The van der Waals surface area contributed by atoms with Gasteiger partial charge in [0.25, 0.3) is 5.91 Å². The molecule has 0 aliphatic carbocycles. The van der Waals surface area contributed by atoms with Gasteiger partial charge in [0.05, 0.1) is 11.4 Å². The van der Waals surface area contributed by atoms with Gasteiger partial charge in [-0.3, -0.25) is 9.89 Å². The minimum Gasteiger partial charge on any atom is -0.395 e. The molecule has 0 aromatic carbocycles. The van der Waals surface area contributed by atoms with Crippen LogP contribution in [0, 0.1) is 0 Å². The van der Waals surface area contributed by atoms with E-state index in [1.54, 1.807) is 0 Å². The van der Waals surface area contributed by atoms with Gasteiger partial charge < -0.3 is 11.1 Å². The number of aromatic nitrogens is 2. The van der Waals surface area contributed by atoms with Crippen molar-refractivity contribution < 1.29 is 4.79 Å². The number of carbonyl (C=O) groups is 1. The molecule has 0 atom stereocenters. The van der Waals surface area contributed by atoms with Gasteiger partial charge in [0, 0.05) is 6.54 Å². The third-order valence-electron chi connectivity index (χ3n) is 2.40. The molecule has 0 aliphatic rings. The number of hydrogen-bond acceptors (Lipinski definition) is 3. The standard InChI is InChI=1S/C12H20N4O/c1-7(2)5-6-14-12(17)11-9(13)10(8(3)4)15-16-11/h5,8H,6,13H2,1-4H3,(H,14,17)(H,15,16).